The van der Waals surface area contributed by atoms with Gasteiger partial charge >= 0.3 is 0 Å². The van der Waals surface area contributed by atoms with Gasteiger partial charge in [-0.05, 0) is 43.4 Å². The fourth-order valence-corrected chi connectivity index (χ4v) is 5.23. The third-order valence-corrected chi connectivity index (χ3v) is 6.55. The first-order valence-corrected chi connectivity index (χ1v) is 8.66. The minimum absolute atomic E-state index is 0.203. The third-order valence-electron chi connectivity index (χ3n) is 2.84. The van der Waals surface area contributed by atoms with E-state index in [1.165, 1.54) is 11.3 Å². The molecule has 1 aromatic rings. The quantitative estimate of drug-likeness (QED) is 0.873. The first-order valence-electron chi connectivity index (χ1n) is 6.23. The minimum atomic E-state index is -3.05. The zero-order chi connectivity index (χ0) is 13.8. The second-order valence-electron chi connectivity index (χ2n) is 4.27. The van der Waals surface area contributed by atoms with E-state index < -0.39 is 9.84 Å². The predicted octanol–water partition coefficient (Wildman–Crippen LogP) is 1.93. The molecule has 2 atom stereocenters. The Balaban J connectivity index is 0.000000492. The summed E-state index contributed by atoms with van der Waals surface area (Å²) in [6.45, 7) is 7.36. The van der Waals surface area contributed by atoms with Crippen LogP contribution in [-0.4, -0.2) is 26.8 Å². The molecule has 0 aliphatic carbocycles. The highest BCUT2D eigenvalue weighted by molar-refractivity contribution is 7.94. The highest BCUT2D eigenvalue weighted by Crippen LogP contribution is 2.39. The molecule has 0 saturated carbocycles. The van der Waals surface area contributed by atoms with Crippen LogP contribution >= 0.6 is 11.3 Å². The molecule has 104 valence electrons. The summed E-state index contributed by atoms with van der Waals surface area (Å²) >= 11 is 1.34. The van der Waals surface area contributed by atoms with Crippen LogP contribution in [0.2, 0.25) is 0 Å². The Hall–Kier alpha value is -0.430. The molecule has 1 aliphatic rings. The van der Waals surface area contributed by atoms with Gasteiger partial charge in [0.1, 0.15) is 4.21 Å². The minimum Gasteiger partial charge on any atom is -0.331 e. The standard InChI is InChI=1S/C10H15NO2S2.C2H7N/c1-3-11-9-6-7(2)15(12,13)10-8(9)4-5-14-10;1-2-3/h4-5,7,9,11H,3,6H2,1-2H3;2-3H2,1H3/t7-,9-;/m0./s1. The second kappa shape index (κ2) is 6.65. The van der Waals surface area contributed by atoms with Crippen molar-refractivity contribution < 1.29 is 8.42 Å². The van der Waals surface area contributed by atoms with Crippen molar-refractivity contribution in [2.45, 2.75) is 42.7 Å². The summed E-state index contributed by atoms with van der Waals surface area (Å²) in [6.07, 6.45) is 0.680. The highest BCUT2D eigenvalue weighted by Gasteiger charge is 2.36. The number of nitrogens with one attached hydrogen (secondary N) is 1. The van der Waals surface area contributed by atoms with E-state index in [2.05, 4.69) is 5.32 Å². The Bertz CT molecular complexity index is 468. The van der Waals surface area contributed by atoms with Crippen molar-refractivity contribution in [3.63, 3.8) is 0 Å². The lowest BCUT2D eigenvalue weighted by molar-refractivity contribution is 0.478. The molecule has 1 aromatic heterocycles. The summed E-state index contributed by atoms with van der Waals surface area (Å²) in [6, 6.07) is 2.13. The lowest BCUT2D eigenvalue weighted by Gasteiger charge is -2.27. The fraction of sp³-hybridized carbons (Fsp3) is 0.667. The van der Waals surface area contributed by atoms with Crippen LogP contribution in [0.5, 0.6) is 0 Å². The molecule has 0 saturated heterocycles. The second-order valence-corrected chi connectivity index (χ2v) is 7.75. The molecule has 6 heteroatoms. The largest absolute Gasteiger partial charge is 0.331 e. The van der Waals surface area contributed by atoms with Gasteiger partial charge in [-0.1, -0.05) is 13.8 Å². The number of rotatable bonds is 2. The molecule has 0 amide bonds. The maximum Gasteiger partial charge on any atom is 0.190 e. The Morgan fingerprint density at radius 3 is 2.67 bits per heavy atom. The average Bonchev–Trinajstić information content (AvgIpc) is 2.77. The van der Waals surface area contributed by atoms with Crippen molar-refractivity contribution in [1.82, 2.24) is 5.32 Å². The van der Waals surface area contributed by atoms with Crippen molar-refractivity contribution in [2.75, 3.05) is 13.1 Å². The van der Waals surface area contributed by atoms with Crippen LogP contribution in [0.3, 0.4) is 0 Å². The average molecular weight is 290 g/mol. The number of nitrogens with two attached hydrogens (primary N) is 1. The van der Waals surface area contributed by atoms with E-state index in [0.29, 0.717) is 10.6 Å². The molecule has 0 spiro atoms. The van der Waals surface area contributed by atoms with E-state index in [1.54, 1.807) is 6.92 Å². The molecule has 0 unspecified atom stereocenters. The van der Waals surface area contributed by atoms with Crippen LogP contribution in [0, 0.1) is 0 Å². The van der Waals surface area contributed by atoms with Crippen molar-refractivity contribution in [3.05, 3.63) is 17.0 Å². The Kier molecular flexibility index (Phi) is 5.78. The summed E-state index contributed by atoms with van der Waals surface area (Å²) in [5.74, 6) is 0. The maximum atomic E-state index is 12.0. The van der Waals surface area contributed by atoms with Crippen LogP contribution in [-0.2, 0) is 9.84 Å². The number of thiophene rings is 1. The molecule has 0 bridgehead atoms. The number of fused-ring (bicyclic) bond motifs is 1. The molecule has 18 heavy (non-hydrogen) atoms. The molecule has 0 fully saturated rings. The monoisotopic (exact) mass is 290 g/mol. The molecule has 1 aliphatic heterocycles. The molecule has 0 aromatic carbocycles. The van der Waals surface area contributed by atoms with Crippen molar-refractivity contribution in [2.24, 2.45) is 5.73 Å². The molecule has 0 radical (unpaired) electrons. The van der Waals surface area contributed by atoms with Crippen LogP contribution < -0.4 is 11.1 Å². The van der Waals surface area contributed by atoms with Gasteiger partial charge in [-0.25, -0.2) is 8.42 Å². The van der Waals surface area contributed by atoms with E-state index in [1.807, 2.05) is 25.3 Å². The number of hydrogen-bond acceptors (Lipinski definition) is 5. The normalized spacial score (nSPS) is 24.9. The third kappa shape index (κ3) is 3.12. The van der Waals surface area contributed by atoms with E-state index in [0.717, 1.165) is 18.7 Å². The zero-order valence-electron chi connectivity index (χ0n) is 11.1. The van der Waals surface area contributed by atoms with E-state index >= 15 is 0 Å². The zero-order valence-corrected chi connectivity index (χ0v) is 12.8. The topological polar surface area (TPSA) is 72.2 Å². The van der Waals surface area contributed by atoms with Gasteiger partial charge in [-0.3, -0.25) is 0 Å². The summed E-state index contributed by atoms with van der Waals surface area (Å²) < 4.78 is 24.6. The van der Waals surface area contributed by atoms with Gasteiger partial charge in [-0.15, -0.1) is 11.3 Å². The van der Waals surface area contributed by atoms with E-state index in [9.17, 15) is 8.42 Å². The number of sulfone groups is 1. The summed E-state index contributed by atoms with van der Waals surface area (Å²) in [4.78, 5) is 0. The van der Waals surface area contributed by atoms with Gasteiger partial charge in [0.15, 0.2) is 9.84 Å². The van der Waals surface area contributed by atoms with Gasteiger partial charge in [0.25, 0.3) is 0 Å². The Labute approximate surface area is 114 Å². The van der Waals surface area contributed by atoms with Crippen LogP contribution in [0.25, 0.3) is 0 Å². The maximum absolute atomic E-state index is 12.0. The van der Waals surface area contributed by atoms with Crippen LogP contribution in [0.15, 0.2) is 15.7 Å². The molecule has 4 nitrogen and oxygen atoms in total. The molecule has 2 rings (SSSR count). The van der Waals surface area contributed by atoms with Gasteiger partial charge in [0, 0.05) is 6.04 Å². The Morgan fingerprint density at radius 2 is 2.11 bits per heavy atom. The van der Waals surface area contributed by atoms with Crippen LogP contribution in [0.1, 0.15) is 38.8 Å². The summed E-state index contributed by atoms with van der Waals surface area (Å²) in [5.41, 5.74) is 5.81. The fourth-order valence-electron chi connectivity index (χ4n) is 2.00. The lowest BCUT2D eigenvalue weighted by Crippen LogP contribution is -2.33. The lowest BCUT2D eigenvalue weighted by atomic mass is 10.1. The highest BCUT2D eigenvalue weighted by atomic mass is 32.2. The van der Waals surface area contributed by atoms with Crippen LogP contribution in [0.4, 0.5) is 0 Å². The first-order chi connectivity index (χ1) is 8.48. The molecule has 2 heterocycles. The van der Waals surface area contributed by atoms with Gasteiger partial charge in [0.05, 0.1) is 5.25 Å². The summed E-state index contributed by atoms with van der Waals surface area (Å²) in [5, 5.41) is 4.93. The van der Waals surface area contributed by atoms with Gasteiger partial charge < -0.3 is 11.1 Å². The van der Waals surface area contributed by atoms with E-state index in [-0.39, 0.29) is 11.3 Å². The van der Waals surface area contributed by atoms with Crippen molar-refractivity contribution >= 4 is 21.2 Å². The SMILES string of the molecule is CCN.CCN[C@H]1C[C@H](C)S(=O)(=O)c2sccc21. The predicted molar refractivity (Wildman–Crippen MR) is 76.7 cm³/mol. The Morgan fingerprint density at radius 1 is 1.50 bits per heavy atom. The van der Waals surface area contributed by atoms with E-state index in [4.69, 9.17) is 5.73 Å². The van der Waals surface area contributed by atoms with Gasteiger partial charge in [0.2, 0.25) is 0 Å². The molecular formula is C12H22N2O2S2. The van der Waals surface area contributed by atoms with Crippen molar-refractivity contribution in [1.29, 1.82) is 0 Å². The number of hydrogen-bond donors (Lipinski definition) is 2. The summed E-state index contributed by atoms with van der Waals surface area (Å²) in [7, 11) is -3.05. The van der Waals surface area contributed by atoms with Gasteiger partial charge in [-0.2, -0.15) is 0 Å². The smallest absolute Gasteiger partial charge is 0.190 e. The molecular weight excluding hydrogens is 268 g/mol. The van der Waals surface area contributed by atoms with Crippen molar-refractivity contribution in [3.8, 4) is 0 Å². The first kappa shape index (κ1) is 15.6. The molecule has 3 N–H and O–H groups in total.